The number of rotatable bonds is 3. The predicted octanol–water partition coefficient (Wildman–Crippen LogP) is 2.77. The molecule has 1 aliphatic heterocycles. The lowest BCUT2D eigenvalue weighted by molar-refractivity contribution is -0.133. The summed E-state index contributed by atoms with van der Waals surface area (Å²) in [5, 5.41) is 3.99. The van der Waals surface area contributed by atoms with Crippen LogP contribution in [0.1, 0.15) is 42.9 Å². The van der Waals surface area contributed by atoms with E-state index in [4.69, 9.17) is 10.3 Å². The van der Waals surface area contributed by atoms with E-state index >= 15 is 0 Å². The van der Waals surface area contributed by atoms with Gasteiger partial charge in [-0.2, -0.15) is 0 Å². The number of hydrogen-bond acceptors (Lipinski definition) is 4. The van der Waals surface area contributed by atoms with Crippen molar-refractivity contribution in [3.63, 3.8) is 0 Å². The number of anilines is 1. The molecule has 5 nitrogen and oxygen atoms in total. The normalized spacial score (nSPS) is 17.4. The third-order valence-corrected chi connectivity index (χ3v) is 4.44. The quantitative estimate of drug-likeness (QED) is 0.946. The van der Waals surface area contributed by atoms with Gasteiger partial charge in [0.25, 0.3) is 0 Å². The summed E-state index contributed by atoms with van der Waals surface area (Å²) in [7, 11) is 0. The first-order valence-electron chi connectivity index (χ1n) is 7.71. The lowest BCUT2D eigenvalue weighted by atomic mass is 9.92. The van der Waals surface area contributed by atoms with Crippen LogP contribution in [0.4, 0.5) is 5.88 Å². The summed E-state index contributed by atoms with van der Waals surface area (Å²) in [5.74, 6) is 0.785. The van der Waals surface area contributed by atoms with Crippen molar-refractivity contribution in [2.24, 2.45) is 0 Å². The molecule has 1 aromatic heterocycles. The first-order chi connectivity index (χ1) is 10.6. The van der Waals surface area contributed by atoms with Crippen LogP contribution in [-0.4, -0.2) is 29.1 Å². The molecule has 1 aliphatic rings. The van der Waals surface area contributed by atoms with Gasteiger partial charge in [-0.15, -0.1) is 0 Å². The van der Waals surface area contributed by atoms with Gasteiger partial charge in [-0.25, -0.2) is 0 Å². The molecule has 1 saturated heterocycles. The molecule has 2 N–H and O–H groups in total. The Kier molecular flexibility index (Phi) is 4.13. The molecular weight excluding hydrogens is 278 g/mol. The number of carbonyl (C=O) groups is 1. The first-order valence-corrected chi connectivity index (χ1v) is 7.71. The molecule has 2 aromatic rings. The molecule has 0 unspecified atom stereocenters. The Morgan fingerprint density at radius 1 is 1.32 bits per heavy atom. The number of hydrogen-bond donors (Lipinski definition) is 1. The van der Waals surface area contributed by atoms with Crippen molar-refractivity contribution in [3.05, 3.63) is 47.7 Å². The van der Waals surface area contributed by atoms with Gasteiger partial charge in [0.15, 0.2) is 0 Å². The molecule has 1 atom stereocenters. The molecule has 2 heterocycles. The number of nitrogens with two attached hydrogens (primary N) is 1. The second-order valence-corrected chi connectivity index (χ2v) is 5.89. The lowest BCUT2D eigenvalue weighted by Crippen LogP contribution is -2.40. The fourth-order valence-electron chi connectivity index (χ4n) is 3.05. The van der Waals surface area contributed by atoms with Gasteiger partial charge in [-0.1, -0.05) is 35.5 Å². The van der Waals surface area contributed by atoms with Gasteiger partial charge >= 0.3 is 0 Å². The summed E-state index contributed by atoms with van der Waals surface area (Å²) < 4.78 is 4.94. The van der Waals surface area contributed by atoms with E-state index in [0.29, 0.717) is 11.8 Å². The molecular formula is C17H21N3O2. The van der Waals surface area contributed by atoms with Gasteiger partial charge in [0, 0.05) is 25.1 Å². The molecule has 116 valence electrons. The van der Waals surface area contributed by atoms with Crippen molar-refractivity contribution in [2.45, 2.75) is 31.6 Å². The standard InChI is InChI=1S/C17H21N3O2/c1-12(13-5-3-2-4-6-13)17(21)20-9-7-14(8-10-20)15-11-16(18)22-19-15/h2-6,11-12,14H,7-10,18H2,1H3/t12-/m1/s1. The van der Waals surface area contributed by atoms with Crippen LogP contribution in [0.2, 0.25) is 0 Å². The smallest absolute Gasteiger partial charge is 0.229 e. The average Bonchev–Trinajstić information content (AvgIpc) is 3.01. The highest BCUT2D eigenvalue weighted by Gasteiger charge is 2.28. The van der Waals surface area contributed by atoms with E-state index in [2.05, 4.69) is 5.16 Å². The van der Waals surface area contributed by atoms with Crippen LogP contribution in [0, 0.1) is 0 Å². The molecule has 3 rings (SSSR count). The molecule has 0 spiro atoms. The van der Waals surface area contributed by atoms with Crippen molar-refractivity contribution in [3.8, 4) is 0 Å². The Balaban J connectivity index is 1.60. The molecule has 5 heteroatoms. The summed E-state index contributed by atoms with van der Waals surface area (Å²) in [4.78, 5) is 14.6. The highest BCUT2D eigenvalue weighted by atomic mass is 16.5. The number of piperidine rings is 1. The summed E-state index contributed by atoms with van der Waals surface area (Å²) in [6.45, 7) is 3.49. The van der Waals surface area contributed by atoms with E-state index < -0.39 is 0 Å². The SMILES string of the molecule is C[C@@H](C(=O)N1CCC(c2cc(N)on2)CC1)c1ccccc1. The van der Waals surface area contributed by atoms with Crippen LogP contribution < -0.4 is 5.73 Å². The zero-order chi connectivity index (χ0) is 15.5. The van der Waals surface area contributed by atoms with Crippen LogP contribution in [0.5, 0.6) is 0 Å². The topological polar surface area (TPSA) is 72.4 Å². The largest absolute Gasteiger partial charge is 0.368 e. The summed E-state index contributed by atoms with van der Waals surface area (Å²) in [5.41, 5.74) is 7.54. The molecule has 22 heavy (non-hydrogen) atoms. The van der Waals surface area contributed by atoms with E-state index in [-0.39, 0.29) is 11.8 Å². The third-order valence-electron chi connectivity index (χ3n) is 4.44. The van der Waals surface area contributed by atoms with Crippen LogP contribution in [0.3, 0.4) is 0 Å². The minimum absolute atomic E-state index is 0.0968. The summed E-state index contributed by atoms with van der Waals surface area (Å²) in [6, 6.07) is 11.7. The zero-order valence-corrected chi connectivity index (χ0v) is 12.7. The van der Waals surface area contributed by atoms with E-state index in [9.17, 15) is 4.79 Å². The maximum Gasteiger partial charge on any atom is 0.229 e. The maximum absolute atomic E-state index is 12.6. The number of carbonyl (C=O) groups excluding carboxylic acids is 1. The van der Waals surface area contributed by atoms with Crippen molar-refractivity contribution < 1.29 is 9.32 Å². The number of nitrogen functional groups attached to an aromatic ring is 1. The van der Waals surface area contributed by atoms with E-state index in [0.717, 1.165) is 37.2 Å². The Hall–Kier alpha value is -2.30. The van der Waals surface area contributed by atoms with Crippen molar-refractivity contribution in [1.82, 2.24) is 10.1 Å². The van der Waals surface area contributed by atoms with Gasteiger partial charge < -0.3 is 15.2 Å². The molecule has 0 aliphatic carbocycles. The monoisotopic (exact) mass is 299 g/mol. The minimum Gasteiger partial charge on any atom is -0.368 e. The zero-order valence-electron chi connectivity index (χ0n) is 12.7. The molecule has 1 aromatic carbocycles. The second kappa shape index (κ2) is 6.22. The average molecular weight is 299 g/mol. The minimum atomic E-state index is -0.0968. The number of likely N-dealkylation sites (tertiary alicyclic amines) is 1. The maximum atomic E-state index is 12.6. The summed E-state index contributed by atoms with van der Waals surface area (Å²) >= 11 is 0. The number of nitrogens with zero attached hydrogens (tertiary/aromatic N) is 2. The molecule has 1 fully saturated rings. The highest BCUT2D eigenvalue weighted by Crippen LogP contribution is 2.29. The first kappa shape index (κ1) is 14.6. The van der Waals surface area contributed by atoms with Gasteiger partial charge in [-0.05, 0) is 25.3 Å². The van der Waals surface area contributed by atoms with Gasteiger partial charge in [0.05, 0.1) is 11.6 Å². The Morgan fingerprint density at radius 2 is 2.00 bits per heavy atom. The molecule has 0 radical (unpaired) electrons. The van der Waals surface area contributed by atoms with Crippen LogP contribution in [0.15, 0.2) is 40.9 Å². The lowest BCUT2D eigenvalue weighted by Gasteiger charge is -2.33. The fraction of sp³-hybridized carbons (Fsp3) is 0.412. The van der Waals surface area contributed by atoms with Gasteiger partial charge in [-0.3, -0.25) is 4.79 Å². The summed E-state index contributed by atoms with van der Waals surface area (Å²) in [6.07, 6.45) is 1.80. The fourth-order valence-corrected chi connectivity index (χ4v) is 3.05. The molecule has 0 bridgehead atoms. The van der Waals surface area contributed by atoms with Crippen molar-refractivity contribution >= 4 is 11.8 Å². The van der Waals surface area contributed by atoms with E-state index in [1.54, 1.807) is 6.07 Å². The molecule has 0 saturated carbocycles. The van der Waals surface area contributed by atoms with Gasteiger partial charge in [0.1, 0.15) is 0 Å². The molecule has 1 amide bonds. The van der Waals surface area contributed by atoms with E-state index in [1.807, 2.05) is 42.2 Å². The Labute approximate surface area is 130 Å². The number of amides is 1. The van der Waals surface area contributed by atoms with E-state index in [1.165, 1.54) is 0 Å². The van der Waals surface area contributed by atoms with Crippen LogP contribution in [0.25, 0.3) is 0 Å². The number of benzene rings is 1. The van der Waals surface area contributed by atoms with Crippen molar-refractivity contribution in [1.29, 1.82) is 0 Å². The second-order valence-electron chi connectivity index (χ2n) is 5.89. The third kappa shape index (κ3) is 2.98. The number of aromatic nitrogens is 1. The van der Waals surface area contributed by atoms with Gasteiger partial charge in [0.2, 0.25) is 11.8 Å². The van der Waals surface area contributed by atoms with Crippen LogP contribution >= 0.6 is 0 Å². The Bertz CT molecular complexity index is 630. The highest BCUT2D eigenvalue weighted by molar-refractivity contribution is 5.83. The van der Waals surface area contributed by atoms with Crippen LogP contribution in [-0.2, 0) is 4.79 Å². The Morgan fingerprint density at radius 3 is 2.59 bits per heavy atom. The predicted molar refractivity (Wildman–Crippen MR) is 84.3 cm³/mol. The van der Waals surface area contributed by atoms with Crippen molar-refractivity contribution in [2.75, 3.05) is 18.8 Å².